The molecule has 0 spiro atoms. The number of nitrogens with zero attached hydrogens (tertiary/aromatic N) is 3. The summed E-state index contributed by atoms with van der Waals surface area (Å²) in [6.45, 7) is 5.16. The third-order valence-electron chi connectivity index (χ3n) is 4.21. The van der Waals surface area contributed by atoms with Crippen LogP contribution in [-0.2, 0) is 4.79 Å². The second-order valence-corrected chi connectivity index (χ2v) is 6.71. The molecule has 0 aromatic rings. The van der Waals surface area contributed by atoms with Crippen molar-refractivity contribution in [2.24, 2.45) is 5.92 Å². The molecule has 0 aliphatic carbocycles. The molecular formula is C14H23N3OS. The molecule has 5 heteroatoms. The van der Waals surface area contributed by atoms with Crippen LogP contribution in [0.1, 0.15) is 26.2 Å². The molecule has 0 aromatic carbocycles. The Bertz CT molecular complexity index is 341. The molecule has 106 valence electrons. The van der Waals surface area contributed by atoms with Crippen molar-refractivity contribution in [3.63, 3.8) is 0 Å². The predicted octanol–water partition coefficient (Wildman–Crippen LogP) is 1.58. The highest BCUT2D eigenvalue weighted by molar-refractivity contribution is 7.99. The molecule has 2 heterocycles. The van der Waals surface area contributed by atoms with Crippen molar-refractivity contribution in [1.29, 1.82) is 5.26 Å². The summed E-state index contributed by atoms with van der Waals surface area (Å²) >= 11 is 2.01. The van der Waals surface area contributed by atoms with E-state index in [1.54, 1.807) is 0 Å². The lowest BCUT2D eigenvalue weighted by Gasteiger charge is -2.36. The Morgan fingerprint density at radius 2 is 1.95 bits per heavy atom. The minimum Gasteiger partial charge on any atom is -0.340 e. The second-order valence-electron chi connectivity index (χ2n) is 5.48. The molecule has 2 aliphatic rings. The molecule has 0 aromatic heterocycles. The van der Waals surface area contributed by atoms with Gasteiger partial charge >= 0.3 is 0 Å². The van der Waals surface area contributed by atoms with E-state index in [0.29, 0.717) is 11.8 Å². The smallest absolute Gasteiger partial charge is 0.222 e. The van der Waals surface area contributed by atoms with Gasteiger partial charge in [-0.3, -0.25) is 9.69 Å². The van der Waals surface area contributed by atoms with E-state index in [9.17, 15) is 4.79 Å². The Morgan fingerprint density at radius 1 is 1.32 bits per heavy atom. The van der Waals surface area contributed by atoms with Gasteiger partial charge in [-0.25, -0.2) is 0 Å². The first kappa shape index (κ1) is 14.7. The van der Waals surface area contributed by atoms with Crippen molar-refractivity contribution in [1.82, 2.24) is 9.80 Å². The zero-order valence-electron chi connectivity index (χ0n) is 11.7. The Morgan fingerprint density at radius 3 is 2.53 bits per heavy atom. The highest BCUT2D eigenvalue weighted by Crippen LogP contribution is 2.26. The molecule has 0 saturated carbocycles. The fraction of sp³-hybridized carbons (Fsp3) is 0.857. The van der Waals surface area contributed by atoms with Crippen molar-refractivity contribution >= 4 is 17.7 Å². The van der Waals surface area contributed by atoms with Crippen LogP contribution in [0.4, 0.5) is 0 Å². The van der Waals surface area contributed by atoms with Crippen LogP contribution in [0.15, 0.2) is 0 Å². The quantitative estimate of drug-likeness (QED) is 0.788. The summed E-state index contributed by atoms with van der Waals surface area (Å²) in [6, 6.07) is 2.23. The van der Waals surface area contributed by atoms with E-state index in [0.717, 1.165) is 32.6 Å². The molecule has 0 N–H and O–H groups in total. The first-order valence-corrected chi connectivity index (χ1v) is 8.35. The predicted molar refractivity (Wildman–Crippen MR) is 77.9 cm³/mol. The summed E-state index contributed by atoms with van der Waals surface area (Å²) in [5, 5.41) is 8.90. The molecule has 19 heavy (non-hydrogen) atoms. The summed E-state index contributed by atoms with van der Waals surface area (Å²) in [4.78, 5) is 16.4. The molecule has 2 rings (SSSR count). The Kier molecular flexibility index (Phi) is 5.53. The SMILES string of the molecule is CC(C#N)N1CCN(C(=O)CC2CCSCC2)CC1. The number of piperazine rings is 1. The van der Waals surface area contributed by atoms with E-state index in [2.05, 4.69) is 11.0 Å². The highest BCUT2D eigenvalue weighted by Gasteiger charge is 2.26. The average Bonchev–Trinajstić information content (AvgIpc) is 2.47. The van der Waals surface area contributed by atoms with Gasteiger partial charge in [-0.2, -0.15) is 17.0 Å². The number of amides is 1. The minimum atomic E-state index is -0.0346. The van der Waals surface area contributed by atoms with E-state index >= 15 is 0 Å². The molecule has 2 fully saturated rings. The first-order valence-electron chi connectivity index (χ1n) is 7.20. The molecule has 0 bridgehead atoms. The summed E-state index contributed by atoms with van der Waals surface area (Å²) < 4.78 is 0. The van der Waals surface area contributed by atoms with E-state index in [4.69, 9.17) is 5.26 Å². The summed E-state index contributed by atoms with van der Waals surface area (Å²) in [7, 11) is 0. The van der Waals surface area contributed by atoms with Crippen LogP contribution in [0.2, 0.25) is 0 Å². The minimum absolute atomic E-state index is 0.0346. The maximum Gasteiger partial charge on any atom is 0.222 e. The van der Waals surface area contributed by atoms with Gasteiger partial charge in [0.05, 0.1) is 12.1 Å². The first-order chi connectivity index (χ1) is 9.20. The summed E-state index contributed by atoms with van der Waals surface area (Å²) in [6.07, 6.45) is 3.12. The van der Waals surface area contributed by atoms with Crippen LogP contribution in [0.3, 0.4) is 0 Å². The monoisotopic (exact) mass is 281 g/mol. The lowest BCUT2D eigenvalue weighted by Crippen LogP contribution is -2.51. The number of thioether (sulfide) groups is 1. The van der Waals surface area contributed by atoms with Crippen molar-refractivity contribution in [3.05, 3.63) is 0 Å². The zero-order chi connectivity index (χ0) is 13.7. The molecule has 0 radical (unpaired) electrons. The van der Waals surface area contributed by atoms with Gasteiger partial charge in [0.15, 0.2) is 0 Å². The van der Waals surface area contributed by atoms with Crippen LogP contribution in [0.5, 0.6) is 0 Å². The lowest BCUT2D eigenvalue weighted by molar-refractivity contribution is -0.134. The van der Waals surface area contributed by atoms with Crippen molar-refractivity contribution in [2.75, 3.05) is 37.7 Å². The third-order valence-corrected chi connectivity index (χ3v) is 5.25. The van der Waals surface area contributed by atoms with E-state index in [-0.39, 0.29) is 6.04 Å². The maximum absolute atomic E-state index is 12.2. The third kappa shape index (κ3) is 4.12. The Balaban J connectivity index is 1.74. The Hall–Kier alpha value is -0.730. The molecule has 1 unspecified atom stereocenters. The van der Waals surface area contributed by atoms with Gasteiger partial charge in [0, 0.05) is 32.6 Å². The summed E-state index contributed by atoms with van der Waals surface area (Å²) in [5.74, 6) is 3.35. The Labute approximate surface area is 120 Å². The van der Waals surface area contributed by atoms with E-state index in [1.807, 2.05) is 23.6 Å². The van der Waals surface area contributed by atoms with Crippen molar-refractivity contribution in [2.45, 2.75) is 32.2 Å². The van der Waals surface area contributed by atoms with Gasteiger partial charge in [0.25, 0.3) is 0 Å². The number of rotatable bonds is 3. The van der Waals surface area contributed by atoms with Gasteiger partial charge in [0.1, 0.15) is 0 Å². The van der Waals surface area contributed by atoms with Crippen LogP contribution < -0.4 is 0 Å². The van der Waals surface area contributed by atoms with Gasteiger partial charge in [-0.05, 0) is 37.2 Å². The van der Waals surface area contributed by atoms with Crippen LogP contribution in [-0.4, -0.2) is 59.4 Å². The number of nitriles is 1. The number of hydrogen-bond acceptors (Lipinski definition) is 4. The highest BCUT2D eigenvalue weighted by atomic mass is 32.2. The number of carbonyl (C=O) groups is 1. The maximum atomic E-state index is 12.2. The van der Waals surface area contributed by atoms with E-state index in [1.165, 1.54) is 24.3 Å². The van der Waals surface area contributed by atoms with Crippen LogP contribution in [0, 0.1) is 17.2 Å². The van der Waals surface area contributed by atoms with Gasteiger partial charge in [0.2, 0.25) is 5.91 Å². The molecule has 4 nitrogen and oxygen atoms in total. The average molecular weight is 281 g/mol. The number of hydrogen-bond donors (Lipinski definition) is 0. The lowest BCUT2D eigenvalue weighted by atomic mass is 9.98. The molecule has 1 atom stereocenters. The standard InChI is InChI=1S/C14H23N3OS/c1-12(11-15)16-4-6-17(7-5-16)14(18)10-13-2-8-19-9-3-13/h12-13H,2-10H2,1H3. The van der Waals surface area contributed by atoms with Crippen molar-refractivity contribution < 1.29 is 4.79 Å². The fourth-order valence-electron chi connectivity index (χ4n) is 2.77. The van der Waals surface area contributed by atoms with Crippen LogP contribution in [0.25, 0.3) is 0 Å². The molecule has 2 aliphatic heterocycles. The van der Waals surface area contributed by atoms with Crippen molar-refractivity contribution in [3.8, 4) is 6.07 Å². The fourth-order valence-corrected chi connectivity index (χ4v) is 3.97. The number of carbonyl (C=O) groups excluding carboxylic acids is 1. The van der Waals surface area contributed by atoms with Gasteiger partial charge in [-0.1, -0.05) is 0 Å². The molecular weight excluding hydrogens is 258 g/mol. The zero-order valence-corrected chi connectivity index (χ0v) is 12.5. The summed E-state index contributed by atoms with van der Waals surface area (Å²) in [5.41, 5.74) is 0. The van der Waals surface area contributed by atoms with E-state index < -0.39 is 0 Å². The molecule has 2 saturated heterocycles. The van der Waals surface area contributed by atoms with Gasteiger partial charge in [-0.15, -0.1) is 0 Å². The largest absolute Gasteiger partial charge is 0.340 e. The van der Waals surface area contributed by atoms with Gasteiger partial charge < -0.3 is 4.90 Å². The second kappa shape index (κ2) is 7.16. The molecule has 1 amide bonds. The van der Waals surface area contributed by atoms with Crippen LogP contribution >= 0.6 is 11.8 Å². The normalized spacial score (nSPS) is 23.9. The topological polar surface area (TPSA) is 47.3 Å².